The van der Waals surface area contributed by atoms with E-state index >= 15 is 0 Å². The zero-order valence-corrected chi connectivity index (χ0v) is 7.78. The van der Waals surface area contributed by atoms with Crippen LogP contribution in [-0.4, -0.2) is 9.97 Å². The van der Waals surface area contributed by atoms with Crippen molar-refractivity contribution in [1.82, 2.24) is 9.97 Å². The van der Waals surface area contributed by atoms with Crippen LogP contribution in [0.4, 0.5) is 0 Å². The van der Waals surface area contributed by atoms with Gasteiger partial charge in [0.2, 0.25) is 0 Å². The zero-order valence-electron chi connectivity index (χ0n) is 6.15. The van der Waals surface area contributed by atoms with Gasteiger partial charge in [0, 0.05) is 6.20 Å². The molecule has 0 aliphatic rings. The predicted molar refractivity (Wildman–Crippen MR) is 52.7 cm³/mol. The third-order valence-electron chi connectivity index (χ3n) is 1.43. The van der Waals surface area contributed by atoms with Gasteiger partial charge in [-0.1, -0.05) is 18.3 Å². The van der Waals surface area contributed by atoms with Crippen molar-refractivity contribution < 1.29 is 0 Å². The molecule has 2 rings (SSSR count). The average molecular weight is 194 g/mol. The quantitative estimate of drug-likeness (QED) is 0.707. The van der Waals surface area contributed by atoms with Crippen LogP contribution >= 0.6 is 23.6 Å². The first-order valence-corrected chi connectivity index (χ1v) is 4.74. The fraction of sp³-hybridized carbons (Fsp3) is 0. The molecule has 0 aliphatic carbocycles. The second-order valence-electron chi connectivity index (χ2n) is 2.26. The monoisotopic (exact) mass is 194 g/mol. The van der Waals surface area contributed by atoms with Crippen molar-refractivity contribution in [3.05, 3.63) is 34.4 Å². The van der Waals surface area contributed by atoms with Crippen LogP contribution in [0, 0.1) is 4.64 Å². The maximum Gasteiger partial charge on any atom is 0.148 e. The average Bonchev–Trinajstić information content (AvgIpc) is 2.56. The molecule has 2 aromatic heterocycles. The van der Waals surface area contributed by atoms with E-state index in [2.05, 4.69) is 9.97 Å². The van der Waals surface area contributed by atoms with Crippen LogP contribution < -0.4 is 0 Å². The number of aromatic nitrogens is 2. The van der Waals surface area contributed by atoms with Crippen LogP contribution in [0.3, 0.4) is 0 Å². The first-order valence-electron chi connectivity index (χ1n) is 3.45. The maximum absolute atomic E-state index is 4.98. The largest absolute Gasteiger partial charge is 0.330 e. The van der Waals surface area contributed by atoms with Gasteiger partial charge in [-0.3, -0.25) is 0 Å². The first-order chi connectivity index (χ1) is 5.86. The Morgan fingerprint density at radius 3 is 3.00 bits per heavy atom. The molecule has 0 fully saturated rings. The van der Waals surface area contributed by atoms with Crippen molar-refractivity contribution in [2.45, 2.75) is 0 Å². The van der Waals surface area contributed by atoms with Gasteiger partial charge in [0.1, 0.15) is 10.5 Å². The first kappa shape index (κ1) is 7.64. The minimum absolute atomic E-state index is 0.716. The summed E-state index contributed by atoms with van der Waals surface area (Å²) in [5.74, 6) is 0.845. The topological polar surface area (TPSA) is 28.7 Å². The summed E-state index contributed by atoms with van der Waals surface area (Å²) < 4.78 is 0.716. The van der Waals surface area contributed by atoms with Crippen LogP contribution in [0.2, 0.25) is 0 Å². The number of H-pyrrole nitrogens is 1. The zero-order chi connectivity index (χ0) is 8.39. The maximum atomic E-state index is 4.98. The van der Waals surface area contributed by atoms with E-state index in [0.29, 0.717) is 4.64 Å². The fourth-order valence-corrected chi connectivity index (χ4v) is 1.74. The Bertz CT molecular complexity index is 417. The molecule has 0 unspecified atom stereocenters. The molecule has 2 nitrogen and oxygen atoms in total. The normalized spacial score (nSPS) is 10.0. The van der Waals surface area contributed by atoms with Crippen molar-refractivity contribution in [2.75, 3.05) is 0 Å². The summed E-state index contributed by atoms with van der Waals surface area (Å²) in [6.07, 6.45) is 1.72. The molecule has 0 spiro atoms. The third kappa shape index (κ3) is 1.44. The number of hydrogen-bond donors (Lipinski definition) is 1. The number of aromatic amines is 1. The van der Waals surface area contributed by atoms with E-state index in [-0.39, 0.29) is 0 Å². The fourth-order valence-electron chi connectivity index (χ4n) is 0.909. The van der Waals surface area contributed by atoms with Crippen LogP contribution in [0.15, 0.2) is 29.8 Å². The number of nitrogens with one attached hydrogen (secondary N) is 1. The highest BCUT2D eigenvalue weighted by molar-refractivity contribution is 7.71. The highest BCUT2D eigenvalue weighted by atomic mass is 32.1. The lowest BCUT2D eigenvalue weighted by atomic mass is 10.4. The molecule has 0 aromatic carbocycles. The minimum Gasteiger partial charge on any atom is -0.330 e. The highest BCUT2D eigenvalue weighted by Gasteiger charge is 1.97. The molecule has 0 radical (unpaired) electrons. The standard InChI is InChI=1S/C8H6N2S2/c11-7-3-4-9-8(10-7)6-2-1-5-12-6/h1-5H,(H,9,10,11). The van der Waals surface area contributed by atoms with Gasteiger partial charge in [0.15, 0.2) is 0 Å². The summed E-state index contributed by atoms with van der Waals surface area (Å²) in [7, 11) is 0. The molecule has 0 saturated heterocycles. The number of thiophene rings is 1. The molecule has 60 valence electrons. The van der Waals surface area contributed by atoms with Crippen LogP contribution in [-0.2, 0) is 0 Å². The van der Waals surface area contributed by atoms with Crippen molar-refractivity contribution in [1.29, 1.82) is 0 Å². The van der Waals surface area contributed by atoms with Gasteiger partial charge in [-0.05, 0) is 17.5 Å². The summed E-state index contributed by atoms with van der Waals surface area (Å²) in [4.78, 5) is 8.31. The van der Waals surface area contributed by atoms with E-state index in [0.717, 1.165) is 10.7 Å². The van der Waals surface area contributed by atoms with Gasteiger partial charge in [0.05, 0.1) is 4.88 Å². The van der Waals surface area contributed by atoms with E-state index in [1.807, 2.05) is 17.5 Å². The van der Waals surface area contributed by atoms with Gasteiger partial charge in [-0.25, -0.2) is 4.98 Å². The van der Waals surface area contributed by atoms with Crippen molar-refractivity contribution >= 4 is 23.6 Å². The second-order valence-corrected chi connectivity index (χ2v) is 3.65. The van der Waals surface area contributed by atoms with Gasteiger partial charge < -0.3 is 4.98 Å². The molecule has 0 saturated carbocycles. The molecule has 0 bridgehead atoms. The molecule has 0 aliphatic heterocycles. The predicted octanol–water partition coefficient (Wildman–Crippen LogP) is 2.87. The summed E-state index contributed by atoms with van der Waals surface area (Å²) in [5, 5.41) is 2.01. The molecule has 2 heterocycles. The molecule has 1 N–H and O–H groups in total. The summed E-state index contributed by atoms with van der Waals surface area (Å²) >= 11 is 6.63. The van der Waals surface area contributed by atoms with E-state index in [9.17, 15) is 0 Å². The highest BCUT2D eigenvalue weighted by Crippen LogP contribution is 2.19. The van der Waals surface area contributed by atoms with Gasteiger partial charge in [0.25, 0.3) is 0 Å². The molecule has 2 aromatic rings. The van der Waals surface area contributed by atoms with E-state index < -0.39 is 0 Å². The smallest absolute Gasteiger partial charge is 0.148 e. The molecule has 12 heavy (non-hydrogen) atoms. The van der Waals surface area contributed by atoms with Gasteiger partial charge in [-0.2, -0.15) is 0 Å². The van der Waals surface area contributed by atoms with Crippen molar-refractivity contribution in [2.24, 2.45) is 0 Å². The van der Waals surface area contributed by atoms with Gasteiger partial charge in [-0.15, -0.1) is 11.3 Å². The van der Waals surface area contributed by atoms with E-state index in [1.165, 1.54) is 0 Å². The van der Waals surface area contributed by atoms with Gasteiger partial charge >= 0.3 is 0 Å². The number of rotatable bonds is 1. The number of nitrogens with zero attached hydrogens (tertiary/aromatic N) is 1. The Hall–Kier alpha value is -1.00. The van der Waals surface area contributed by atoms with Crippen molar-refractivity contribution in [3.63, 3.8) is 0 Å². The lowest BCUT2D eigenvalue weighted by Crippen LogP contribution is -1.84. The molecule has 0 atom stereocenters. The van der Waals surface area contributed by atoms with E-state index in [1.54, 1.807) is 23.6 Å². The lowest BCUT2D eigenvalue weighted by molar-refractivity contribution is 1.17. The van der Waals surface area contributed by atoms with Crippen LogP contribution in [0.25, 0.3) is 10.7 Å². The SMILES string of the molecule is S=c1ccnc(-c2cccs2)[nH]1. The summed E-state index contributed by atoms with van der Waals surface area (Å²) in [6, 6.07) is 5.77. The summed E-state index contributed by atoms with van der Waals surface area (Å²) in [5.41, 5.74) is 0. The Balaban J connectivity index is 2.55. The molecule has 4 heteroatoms. The summed E-state index contributed by atoms with van der Waals surface area (Å²) in [6.45, 7) is 0. The lowest BCUT2D eigenvalue weighted by Gasteiger charge is -1.94. The van der Waals surface area contributed by atoms with E-state index in [4.69, 9.17) is 12.2 Å². The Morgan fingerprint density at radius 1 is 1.42 bits per heavy atom. The van der Waals surface area contributed by atoms with Crippen molar-refractivity contribution in [3.8, 4) is 10.7 Å². The Morgan fingerprint density at radius 2 is 2.33 bits per heavy atom. The molecular formula is C8H6N2S2. The molecular weight excluding hydrogens is 188 g/mol. The molecule has 0 amide bonds. The van der Waals surface area contributed by atoms with Crippen LogP contribution in [0.5, 0.6) is 0 Å². The number of hydrogen-bond acceptors (Lipinski definition) is 3. The Labute approximate surface area is 78.9 Å². The second kappa shape index (κ2) is 3.16. The minimum atomic E-state index is 0.716. The van der Waals surface area contributed by atoms with Crippen LogP contribution in [0.1, 0.15) is 0 Å². The Kier molecular flexibility index (Phi) is 2.01. The third-order valence-corrected chi connectivity index (χ3v) is 2.54.